The molecular formula is C19H20FN3O. The van der Waals surface area contributed by atoms with E-state index in [0.717, 1.165) is 55.4 Å². The van der Waals surface area contributed by atoms with E-state index in [4.69, 9.17) is 9.72 Å². The number of halogens is 1. The Hall–Kier alpha value is -2.24. The van der Waals surface area contributed by atoms with E-state index in [1.54, 1.807) is 12.1 Å². The molecule has 3 heterocycles. The molecule has 0 amide bonds. The average molecular weight is 325 g/mol. The largest absolute Gasteiger partial charge is 0.379 e. The van der Waals surface area contributed by atoms with Crippen LogP contribution >= 0.6 is 0 Å². The predicted octanol–water partition coefficient (Wildman–Crippen LogP) is 3.28. The zero-order valence-corrected chi connectivity index (χ0v) is 13.7. The molecule has 124 valence electrons. The predicted molar refractivity (Wildman–Crippen MR) is 91.4 cm³/mol. The van der Waals surface area contributed by atoms with Gasteiger partial charge in [-0.1, -0.05) is 6.07 Å². The highest BCUT2D eigenvalue weighted by Crippen LogP contribution is 2.26. The van der Waals surface area contributed by atoms with E-state index in [-0.39, 0.29) is 5.82 Å². The normalized spacial score (nSPS) is 15.9. The number of nitrogens with zero attached hydrogens (tertiary/aromatic N) is 3. The molecule has 1 saturated heterocycles. The molecule has 1 aromatic carbocycles. The summed E-state index contributed by atoms with van der Waals surface area (Å²) in [6, 6.07) is 10.7. The minimum absolute atomic E-state index is 0.229. The summed E-state index contributed by atoms with van der Waals surface area (Å²) >= 11 is 0. The molecule has 0 atom stereocenters. The molecule has 0 radical (unpaired) electrons. The van der Waals surface area contributed by atoms with E-state index < -0.39 is 0 Å². The minimum atomic E-state index is -0.229. The number of aryl methyl sites for hydroxylation is 1. The number of pyridine rings is 1. The lowest BCUT2D eigenvalue weighted by molar-refractivity contribution is 0.0336. The second-order valence-electron chi connectivity index (χ2n) is 6.24. The summed E-state index contributed by atoms with van der Waals surface area (Å²) in [7, 11) is 0. The van der Waals surface area contributed by atoms with Crippen LogP contribution in [0.3, 0.4) is 0 Å². The molecule has 0 saturated carbocycles. The van der Waals surface area contributed by atoms with Crippen molar-refractivity contribution in [1.82, 2.24) is 14.3 Å². The third kappa shape index (κ3) is 2.92. The molecule has 1 aliphatic heterocycles. The molecule has 0 unspecified atom stereocenters. The van der Waals surface area contributed by atoms with Gasteiger partial charge < -0.3 is 9.14 Å². The highest BCUT2D eigenvalue weighted by Gasteiger charge is 2.19. The number of ether oxygens (including phenoxy) is 1. The van der Waals surface area contributed by atoms with E-state index in [1.807, 2.05) is 6.07 Å². The van der Waals surface area contributed by atoms with Gasteiger partial charge in [-0.25, -0.2) is 9.37 Å². The Labute approximate surface area is 140 Å². The van der Waals surface area contributed by atoms with Crippen molar-refractivity contribution in [3.05, 3.63) is 59.7 Å². The minimum Gasteiger partial charge on any atom is -0.379 e. The first-order valence-corrected chi connectivity index (χ1v) is 8.24. The Bertz CT molecular complexity index is 851. The fourth-order valence-corrected chi connectivity index (χ4v) is 3.16. The van der Waals surface area contributed by atoms with Gasteiger partial charge in [0, 0.05) is 31.4 Å². The molecule has 4 rings (SSSR count). The summed E-state index contributed by atoms with van der Waals surface area (Å²) < 4.78 is 20.9. The molecule has 24 heavy (non-hydrogen) atoms. The van der Waals surface area contributed by atoms with Gasteiger partial charge in [0.15, 0.2) is 0 Å². The average Bonchev–Trinajstić information content (AvgIpc) is 2.94. The number of benzene rings is 1. The van der Waals surface area contributed by atoms with Gasteiger partial charge in [0.2, 0.25) is 0 Å². The summed E-state index contributed by atoms with van der Waals surface area (Å²) in [4.78, 5) is 7.18. The van der Waals surface area contributed by atoms with Crippen molar-refractivity contribution in [3.8, 4) is 11.3 Å². The first kappa shape index (κ1) is 15.3. The highest BCUT2D eigenvalue weighted by molar-refractivity contribution is 5.66. The lowest BCUT2D eigenvalue weighted by Crippen LogP contribution is -2.36. The fourth-order valence-electron chi connectivity index (χ4n) is 3.16. The van der Waals surface area contributed by atoms with Crippen LogP contribution in [0.1, 0.15) is 11.3 Å². The second-order valence-corrected chi connectivity index (χ2v) is 6.24. The molecule has 0 spiro atoms. The number of morpholine rings is 1. The maximum atomic E-state index is 13.3. The van der Waals surface area contributed by atoms with E-state index >= 15 is 0 Å². The highest BCUT2D eigenvalue weighted by atomic mass is 19.1. The van der Waals surface area contributed by atoms with Gasteiger partial charge in [0.05, 0.1) is 24.6 Å². The molecule has 0 aliphatic carbocycles. The van der Waals surface area contributed by atoms with Crippen LogP contribution in [0, 0.1) is 12.7 Å². The Balaban J connectivity index is 1.81. The Morgan fingerprint density at radius 3 is 2.58 bits per heavy atom. The standard InChI is InChI=1S/C19H20FN3O/c1-14-2-7-18-21-19(15-3-5-16(20)6-4-15)17(23(18)12-14)13-22-8-10-24-11-9-22/h2-7,12H,8-11,13H2,1H3. The van der Waals surface area contributed by atoms with Gasteiger partial charge in [0.1, 0.15) is 11.5 Å². The molecule has 1 fully saturated rings. The van der Waals surface area contributed by atoms with Gasteiger partial charge in [-0.3, -0.25) is 4.90 Å². The number of aromatic nitrogens is 2. The maximum Gasteiger partial charge on any atom is 0.137 e. The number of fused-ring (bicyclic) bond motifs is 1. The number of hydrogen-bond donors (Lipinski definition) is 0. The van der Waals surface area contributed by atoms with Crippen LogP contribution in [0.25, 0.3) is 16.9 Å². The van der Waals surface area contributed by atoms with Crippen molar-refractivity contribution >= 4 is 5.65 Å². The lowest BCUT2D eigenvalue weighted by atomic mass is 10.1. The SMILES string of the molecule is Cc1ccc2nc(-c3ccc(F)cc3)c(CN3CCOCC3)n2c1. The fraction of sp³-hybridized carbons (Fsp3) is 0.316. The van der Waals surface area contributed by atoms with Crippen LogP contribution in [-0.4, -0.2) is 40.6 Å². The van der Waals surface area contributed by atoms with E-state index in [0.29, 0.717) is 0 Å². The topological polar surface area (TPSA) is 29.8 Å². The van der Waals surface area contributed by atoms with Crippen molar-refractivity contribution in [3.63, 3.8) is 0 Å². The molecule has 1 aliphatic rings. The zero-order valence-electron chi connectivity index (χ0n) is 13.7. The van der Waals surface area contributed by atoms with Crippen molar-refractivity contribution in [2.45, 2.75) is 13.5 Å². The quantitative estimate of drug-likeness (QED) is 0.740. The van der Waals surface area contributed by atoms with Gasteiger partial charge in [-0.05, 0) is 42.8 Å². The first-order valence-electron chi connectivity index (χ1n) is 8.24. The van der Waals surface area contributed by atoms with Crippen LogP contribution in [0.5, 0.6) is 0 Å². The summed E-state index contributed by atoms with van der Waals surface area (Å²) in [5.74, 6) is -0.229. The summed E-state index contributed by atoms with van der Waals surface area (Å²) in [5.41, 5.74) is 5.12. The maximum absolute atomic E-state index is 13.3. The Morgan fingerprint density at radius 2 is 1.83 bits per heavy atom. The van der Waals surface area contributed by atoms with Crippen molar-refractivity contribution in [1.29, 1.82) is 0 Å². The van der Waals surface area contributed by atoms with Crippen LogP contribution in [0.15, 0.2) is 42.6 Å². The van der Waals surface area contributed by atoms with Gasteiger partial charge in [-0.15, -0.1) is 0 Å². The Kier molecular flexibility index (Phi) is 4.04. The van der Waals surface area contributed by atoms with Crippen molar-refractivity contribution < 1.29 is 9.13 Å². The van der Waals surface area contributed by atoms with Crippen LogP contribution in [0.4, 0.5) is 4.39 Å². The third-order valence-electron chi connectivity index (χ3n) is 4.46. The lowest BCUT2D eigenvalue weighted by Gasteiger charge is -2.26. The summed E-state index contributed by atoms with van der Waals surface area (Å²) in [6.45, 7) is 6.25. The molecule has 5 heteroatoms. The first-order chi connectivity index (χ1) is 11.7. The van der Waals surface area contributed by atoms with Crippen molar-refractivity contribution in [2.75, 3.05) is 26.3 Å². The number of rotatable bonds is 3. The van der Waals surface area contributed by atoms with E-state index in [9.17, 15) is 4.39 Å². The number of imidazole rings is 1. The summed E-state index contributed by atoms with van der Waals surface area (Å²) in [6.07, 6.45) is 2.12. The van der Waals surface area contributed by atoms with E-state index in [2.05, 4.69) is 28.5 Å². The van der Waals surface area contributed by atoms with Gasteiger partial charge in [-0.2, -0.15) is 0 Å². The van der Waals surface area contributed by atoms with Crippen LogP contribution in [-0.2, 0) is 11.3 Å². The molecular weight excluding hydrogens is 305 g/mol. The monoisotopic (exact) mass is 325 g/mol. The molecule has 0 bridgehead atoms. The zero-order chi connectivity index (χ0) is 16.5. The smallest absolute Gasteiger partial charge is 0.137 e. The van der Waals surface area contributed by atoms with Crippen molar-refractivity contribution in [2.24, 2.45) is 0 Å². The van der Waals surface area contributed by atoms with Crippen LogP contribution in [0.2, 0.25) is 0 Å². The second kappa shape index (κ2) is 6.34. The van der Waals surface area contributed by atoms with Crippen LogP contribution < -0.4 is 0 Å². The van der Waals surface area contributed by atoms with Gasteiger partial charge >= 0.3 is 0 Å². The van der Waals surface area contributed by atoms with E-state index in [1.165, 1.54) is 17.7 Å². The molecule has 3 aromatic rings. The summed E-state index contributed by atoms with van der Waals surface area (Å²) in [5, 5.41) is 0. The molecule has 0 N–H and O–H groups in total. The molecule has 4 nitrogen and oxygen atoms in total. The molecule has 2 aromatic heterocycles. The number of hydrogen-bond acceptors (Lipinski definition) is 3. The van der Waals surface area contributed by atoms with Gasteiger partial charge in [0.25, 0.3) is 0 Å². The third-order valence-corrected chi connectivity index (χ3v) is 4.46. The Morgan fingerprint density at radius 1 is 1.08 bits per heavy atom.